The molecule has 2 aromatic heterocycles. The number of nitrogens with zero attached hydrogens (tertiary/aromatic N) is 4. The van der Waals surface area contributed by atoms with Crippen molar-refractivity contribution in [2.45, 2.75) is 57.4 Å². The van der Waals surface area contributed by atoms with E-state index >= 15 is 0 Å². The molecule has 0 spiro atoms. The van der Waals surface area contributed by atoms with E-state index in [1.807, 2.05) is 44.2 Å². The Kier molecular flexibility index (Phi) is 7.42. The molecule has 1 fully saturated rings. The standard InChI is InChI=1S/C29H33N5O4S/c1-20-19-26(35)33(29-27(20)21(2)31-34(29)24-11-7-6-8-12-24)22(3)28(36)30-23-13-15-25(16-14-23)39(37,38)32-17-9-4-5-10-18-32/h6-8,11-16,19,22H,4-5,9-10,17-18H2,1-3H3,(H,30,36). The molecule has 204 valence electrons. The van der Waals surface area contributed by atoms with Crippen LogP contribution in [0.1, 0.15) is 49.9 Å². The molecule has 9 nitrogen and oxygen atoms in total. The van der Waals surface area contributed by atoms with Gasteiger partial charge in [-0.15, -0.1) is 0 Å². The fourth-order valence-electron chi connectivity index (χ4n) is 5.26. The molecule has 1 aliphatic heterocycles. The van der Waals surface area contributed by atoms with Crippen molar-refractivity contribution >= 4 is 32.7 Å². The van der Waals surface area contributed by atoms with Gasteiger partial charge in [-0.3, -0.25) is 14.2 Å². The van der Waals surface area contributed by atoms with Crippen molar-refractivity contribution in [3.63, 3.8) is 0 Å². The number of pyridine rings is 1. The first-order valence-electron chi connectivity index (χ1n) is 13.3. The van der Waals surface area contributed by atoms with Crippen LogP contribution in [0.5, 0.6) is 0 Å². The highest BCUT2D eigenvalue weighted by Crippen LogP contribution is 2.27. The molecule has 0 bridgehead atoms. The third kappa shape index (κ3) is 5.14. The van der Waals surface area contributed by atoms with Gasteiger partial charge in [0.15, 0.2) is 0 Å². The second-order valence-corrected chi connectivity index (χ2v) is 12.0. The molecule has 0 saturated carbocycles. The number of carbonyl (C=O) groups excluding carboxylic acids is 1. The average molecular weight is 548 g/mol. The maximum absolute atomic E-state index is 13.4. The molecule has 1 aliphatic rings. The monoisotopic (exact) mass is 547 g/mol. The summed E-state index contributed by atoms with van der Waals surface area (Å²) < 4.78 is 30.9. The molecule has 0 radical (unpaired) electrons. The highest BCUT2D eigenvalue weighted by atomic mass is 32.2. The van der Waals surface area contributed by atoms with E-state index in [9.17, 15) is 18.0 Å². The molecule has 2 aromatic carbocycles. The van der Waals surface area contributed by atoms with Crippen LogP contribution >= 0.6 is 0 Å². The molecule has 10 heteroatoms. The molecule has 5 rings (SSSR count). The molecule has 1 unspecified atom stereocenters. The summed E-state index contributed by atoms with van der Waals surface area (Å²) in [5, 5.41) is 8.35. The Morgan fingerprint density at radius 2 is 1.59 bits per heavy atom. The van der Waals surface area contributed by atoms with Gasteiger partial charge < -0.3 is 5.32 Å². The summed E-state index contributed by atoms with van der Waals surface area (Å²) in [7, 11) is -3.59. The van der Waals surface area contributed by atoms with Gasteiger partial charge in [0, 0.05) is 30.2 Å². The molecule has 1 N–H and O–H groups in total. The topological polar surface area (TPSA) is 106 Å². The number of carbonyl (C=O) groups is 1. The Bertz CT molecular complexity index is 1670. The lowest BCUT2D eigenvalue weighted by Gasteiger charge is -2.20. The number of aromatic nitrogens is 3. The van der Waals surface area contributed by atoms with Crippen molar-refractivity contribution in [1.82, 2.24) is 18.7 Å². The number of aryl methyl sites for hydroxylation is 2. The van der Waals surface area contributed by atoms with Gasteiger partial charge in [-0.2, -0.15) is 9.40 Å². The molecule has 1 amide bonds. The van der Waals surface area contributed by atoms with Gasteiger partial charge in [-0.05, 0) is 75.6 Å². The molecule has 1 saturated heterocycles. The highest BCUT2D eigenvalue weighted by Gasteiger charge is 2.26. The van der Waals surface area contributed by atoms with Crippen molar-refractivity contribution in [2.75, 3.05) is 18.4 Å². The predicted octanol–water partition coefficient (Wildman–Crippen LogP) is 4.57. The van der Waals surface area contributed by atoms with E-state index in [4.69, 9.17) is 0 Å². The van der Waals surface area contributed by atoms with Crippen LogP contribution in [0, 0.1) is 13.8 Å². The predicted molar refractivity (Wildman–Crippen MR) is 152 cm³/mol. The Morgan fingerprint density at radius 3 is 2.23 bits per heavy atom. The number of anilines is 1. The Balaban J connectivity index is 1.44. The van der Waals surface area contributed by atoms with Gasteiger partial charge in [0.05, 0.1) is 16.3 Å². The molecule has 0 aliphatic carbocycles. The van der Waals surface area contributed by atoms with Crippen molar-refractivity contribution in [2.24, 2.45) is 0 Å². The number of hydrogen-bond donors (Lipinski definition) is 1. The lowest BCUT2D eigenvalue weighted by molar-refractivity contribution is -0.118. The fourth-order valence-corrected chi connectivity index (χ4v) is 6.78. The lowest BCUT2D eigenvalue weighted by Crippen LogP contribution is -2.33. The smallest absolute Gasteiger partial charge is 0.253 e. The van der Waals surface area contributed by atoms with Crippen molar-refractivity contribution in [3.05, 3.63) is 82.3 Å². The van der Waals surface area contributed by atoms with E-state index in [1.54, 1.807) is 28.0 Å². The van der Waals surface area contributed by atoms with Crippen LogP contribution in [0.3, 0.4) is 0 Å². The summed E-state index contributed by atoms with van der Waals surface area (Å²) in [4.78, 5) is 26.8. The fraction of sp³-hybridized carbons (Fsp3) is 0.345. The minimum absolute atomic E-state index is 0.203. The van der Waals surface area contributed by atoms with Gasteiger partial charge in [-0.1, -0.05) is 31.0 Å². The van der Waals surface area contributed by atoms with Gasteiger partial charge in [-0.25, -0.2) is 13.1 Å². The van der Waals surface area contributed by atoms with Crippen molar-refractivity contribution in [3.8, 4) is 5.69 Å². The summed E-state index contributed by atoms with van der Waals surface area (Å²) >= 11 is 0. The van der Waals surface area contributed by atoms with Gasteiger partial charge in [0.1, 0.15) is 11.7 Å². The first-order chi connectivity index (χ1) is 18.7. The second kappa shape index (κ2) is 10.8. The number of sulfonamides is 1. The van der Waals surface area contributed by atoms with Crippen molar-refractivity contribution < 1.29 is 13.2 Å². The van der Waals surface area contributed by atoms with E-state index in [1.165, 1.54) is 22.8 Å². The molecule has 4 aromatic rings. The molecule has 1 atom stereocenters. The Morgan fingerprint density at radius 1 is 0.949 bits per heavy atom. The van der Waals surface area contributed by atoms with E-state index < -0.39 is 22.0 Å². The maximum Gasteiger partial charge on any atom is 0.253 e. The number of nitrogens with one attached hydrogen (secondary N) is 1. The van der Waals surface area contributed by atoms with Crippen molar-refractivity contribution in [1.29, 1.82) is 0 Å². The zero-order valence-corrected chi connectivity index (χ0v) is 23.2. The van der Waals surface area contributed by atoms with Gasteiger partial charge >= 0.3 is 0 Å². The molecular formula is C29H33N5O4S. The maximum atomic E-state index is 13.4. The number of benzene rings is 2. The quantitative estimate of drug-likeness (QED) is 0.381. The minimum Gasteiger partial charge on any atom is -0.324 e. The third-order valence-electron chi connectivity index (χ3n) is 7.33. The molecule has 39 heavy (non-hydrogen) atoms. The summed E-state index contributed by atoms with van der Waals surface area (Å²) in [6, 6.07) is 16.4. The number of fused-ring (bicyclic) bond motifs is 1. The summed E-state index contributed by atoms with van der Waals surface area (Å²) in [5.74, 6) is -0.399. The Labute approximate surface area is 228 Å². The number of para-hydroxylation sites is 1. The molecular weight excluding hydrogens is 514 g/mol. The van der Waals surface area contributed by atoms with Crippen LogP contribution in [0.15, 0.2) is 70.4 Å². The van der Waals surface area contributed by atoms with Crippen LogP contribution in [0.4, 0.5) is 5.69 Å². The van der Waals surface area contributed by atoms with Crippen LogP contribution in [0.2, 0.25) is 0 Å². The van der Waals surface area contributed by atoms with Crippen LogP contribution in [-0.4, -0.2) is 46.1 Å². The minimum atomic E-state index is -3.59. The summed E-state index contributed by atoms with van der Waals surface area (Å²) in [6.45, 7) is 6.47. The first-order valence-corrected chi connectivity index (χ1v) is 14.7. The highest BCUT2D eigenvalue weighted by molar-refractivity contribution is 7.89. The second-order valence-electron chi connectivity index (χ2n) is 10.1. The largest absolute Gasteiger partial charge is 0.324 e. The summed E-state index contributed by atoms with van der Waals surface area (Å²) in [5.41, 5.74) is 3.02. The zero-order valence-electron chi connectivity index (χ0n) is 22.4. The Hall–Kier alpha value is -3.76. The van der Waals surface area contributed by atoms with Crippen LogP contribution in [0.25, 0.3) is 16.7 Å². The zero-order chi connectivity index (χ0) is 27.7. The normalized spacial score (nSPS) is 15.7. The van der Waals surface area contributed by atoms with E-state index in [-0.39, 0.29) is 10.5 Å². The van der Waals surface area contributed by atoms with Crippen LogP contribution in [-0.2, 0) is 14.8 Å². The van der Waals surface area contributed by atoms with Crippen LogP contribution < -0.4 is 10.9 Å². The number of amides is 1. The number of rotatable bonds is 6. The van der Waals surface area contributed by atoms with Gasteiger partial charge in [0.25, 0.3) is 5.56 Å². The average Bonchev–Trinajstić information content (AvgIpc) is 3.07. The first kappa shape index (κ1) is 26.8. The molecule has 3 heterocycles. The lowest BCUT2D eigenvalue weighted by atomic mass is 10.1. The van der Waals surface area contributed by atoms with E-state index in [0.29, 0.717) is 24.4 Å². The third-order valence-corrected chi connectivity index (χ3v) is 9.24. The SMILES string of the molecule is Cc1cc(=O)n(C(C)C(=O)Nc2ccc(S(=O)(=O)N3CCCCCC3)cc2)c2c1c(C)nn2-c1ccccc1. The van der Waals surface area contributed by atoms with E-state index in [0.717, 1.165) is 48.0 Å². The number of hydrogen-bond acceptors (Lipinski definition) is 5. The van der Waals surface area contributed by atoms with E-state index in [2.05, 4.69) is 10.4 Å². The van der Waals surface area contributed by atoms with Gasteiger partial charge in [0.2, 0.25) is 15.9 Å². The summed E-state index contributed by atoms with van der Waals surface area (Å²) in [6.07, 6.45) is 3.80.